The molecule has 0 aliphatic carbocycles. The minimum absolute atomic E-state index is 0. The van der Waals surface area contributed by atoms with Crippen molar-refractivity contribution in [1.82, 2.24) is 0 Å². The largest absolute Gasteiger partial charge is 1.00 e. The molecule has 0 N–H and O–H groups in total. The first-order chi connectivity index (χ1) is 7.84. The van der Waals surface area contributed by atoms with Gasteiger partial charge in [0, 0.05) is 33.7 Å². The van der Waals surface area contributed by atoms with Gasteiger partial charge in [-0.2, -0.15) is 9.25 Å². The summed E-state index contributed by atoms with van der Waals surface area (Å²) in [4.78, 5) is 0. The van der Waals surface area contributed by atoms with Gasteiger partial charge >= 0.3 is 8.25 Å². The molecule has 2 rings (SSSR count). The second-order valence-corrected chi connectivity index (χ2v) is 3.77. The lowest BCUT2D eigenvalue weighted by Gasteiger charge is -1.95. The summed E-state index contributed by atoms with van der Waals surface area (Å²) in [6.07, 6.45) is 6.56. The van der Waals surface area contributed by atoms with Crippen LogP contribution in [-0.4, -0.2) is 0 Å². The van der Waals surface area contributed by atoms with Gasteiger partial charge in [-0.15, -0.1) is 0 Å². The summed E-state index contributed by atoms with van der Waals surface area (Å²) < 4.78 is 24.2. The molecular weight excluding hydrogens is 298 g/mol. The molecule has 2 aromatic rings. The predicted molar refractivity (Wildman–Crippen MR) is 55.4 cm³/mol. The number of aromatic nitrogens is 2. The van der Waals surface area contributed by atoms with E-state index in [0.29, 0.717) is 0 Å². The minimum Gasteiger partial charge on any atom is -1.00 e. The third-order valence-electron chi connectivity index (χ3n) is 1.74. The lowest BCUT2D eigenvalue weighted by molar-refractivity contribution is -0.883. The van der Waals surface area contributed by atoms with Crippen molar-refractivity contribution < 1.29 is 48.1 Å². The number of halogens is 2. The van der Waals surface area contributed by atoms with Crippen LogP contribution in [0, 0.1) is 0 Å². The monoisotopic (exact) mass is 308 g/mol. The highest BCUT2D eigenvalue weighted by Crippen LogP contribution is 2.08. The van der Waals surface area contributed by atoms with E-state index in [9.17, 15) is 4.57 Å². The van der Waals surface area contributed by atoms with E-state index in [0.717, 1.165) is 0 Å². The Morgan fingerprint density at radius 3 is 1.33 bits per heavy atom. The second-order valence-electron chi connectivity index (χ2n) is 2.90. The number of pyridine rings is 2. The Hall–Kier alpha value is -1.29. The average Bonchev–Trinajstić information content (AvgIpc) is 2.31. The van der Waals surface area contributed by atoms with E-state index < -0.39 is 8.25 Å². The minimum atomic E-state index is -2.62. The Morgan fingerprint density at radius 1 is 0.667 bits per heavy atom. The topological polar surface area (TPSA) is 43.3 Å². The lowest BCUT2D eigenvalue weighted by atomic mass is 10.5. The first-order valence-corrected chi connectivity index (χ1v) is 5.90. The highest BCUT2D eigenvalue weighted by atomic mass is 35.5. The van der Waals surface area contributed by atoms with Gasteiger partial charge in [-0.3, -0.25) is 0 Å². The first-order valence-electron chi connectivity index (χ1n) is 4.68. The Morgan fingerprint density at radius 2 is 1.00 bits per heavy atom. The van der Waals surface area contributed by atoms with E-state index in [1.807, 2.05) is 12.1 Å². The maximum Gasteiger partial charge on any atom is 0.538 e. The van der Waals surface area contributed by atoms with Crippen LogP contribution in [0.5, 0.6) is 0 Å². The normalized spacial score (nSPS) is 8.94. The third-order valence-corrected chi connectivity index (χ3v) is 2.46. The van der Waals surface area contributed by atoms with Crippen molar-refractivity contribution in [2.45, 2.75) is 0 Å². The van der Waals surface area contributed by atoms with Crippen LogP contribution in [0.2, 0.25) is 0 Å². The Kier molecular flexibility index (Phi) is 8.12. The molecule has 0 saturated heterocycles. The highest BCUT2D eigenvalue weighted by molar-refractivity contribution is 7.33. The van der Waals surface area contributed by atoms with E-state index >= 15 is 0 Å². The van der Waals surface area contributed by atoms with Crippen molar-refractivity contribution in [2.24, 2.45) is 0 Å². The Labute approximate surface area is 118 Å². The van der Waals surface area contributed by atoms with Crippen molar-refractivity contribution in [3.63, 3.8) is 0 Å². The fourth-order valence-electron chi connectivity index (χ4n) is 1.08. The molecule has 0 fully saturated rings. The van der Waals surface area contributed by atoms with Crippen LogP contribution in [0.15, 0.2) is 61.2 Å². The SMILES string of the molecule is O=[PH](O[n+]1ccccc1)O[n+]1ccccc1.[Cl-].[Cl-]. The number of rotatable bonds is 4. The summed E-state index contributed by atoms with van der Waals surface area (Å²) in [5.41, 5.74) is 0. The van der Waals surface area contributed by atoms with E-state index in [1.165, 1.54) is 9.46 Å². The van der Waals surface area contributed by atoms with Crippen molar-refractivity contribution in [3.05, 3.63) is 61.2 Å². The van der Waals surface area contributed by atoms with Crippen LogP contribution in [0.1, 0.15) is 0 Å². The summed E-state index contributed by atoms with van der Waals surface area (Å²) in [6, 6.07) is 10.7. The molecule has 5 nitrogen and oxygen atoms in total. The van der Waals surface area contributed by atoms with Gasteiger partial charge in [0.1, 0.15) is 0 Å². The Balaban J connectivity index is 0.00000144. The molecule has 0 spiro atoms. The van der Waals surface area contributed by atoms with Crippen molar-refractivity contribution >= 4 is 8.25 Å². The molecule has 8 heteroatoms. The van der Waals surface area contributed by atoms with Gasteiger partial charge in [0.2, 0.25) is 24.8 Å². The molecule has 0 amide bonds. The van der Waals surface area contributed by atoms with Crippen LogP contribution < -0.4 is 43.5 Å². The quantitative estimate of drug-likeness (QED) is 0.418. The molecular formula is C10H11Cl2N2O3P. The highest BCUT2D eigenvalue weighted by Gasteiger charge is 2.13. The standard InChI is InChI=1S/C10H11N2O3P.2ClH/c13-16(14-11-7-3-1-4-8-11)15-12-9-5-2-6-10-12;;/h1-10,16H;2*1H/q+2;;/p-2. The summed E-state index contributed by atoms with van der Waals surface area (Å²) in [7, 11) is -2.62. The predicted octanol–water partition coefficient (Wildman–Crippen LogP) is -5.78. The van der Waals surface area contributed by atoms with Crippen molar-refractivity contribution in [3.8, 4) is 0 Å². The zero-order valence-electron chi connectivity index (χ0n) is 9.15. The molecule has 0 atom stereocenters. The smallest absolute Gasteiger partial charge is 0.538 e. The van der Waals surface area contributed by atoms with Gasteiger partial charge in [-0.1, -0.05) is 12.1 Å². The number of hydrogen-bond acceptors (Lipinski definition) is 3. The fourth-order valence-corrected chi connectivity index (χ4v) is 1.70. The van der Waals surface area contributed by atoms with Crippen LogP contribution in [-0.2, 0) is 4.57 Å². The Bertz CT molecular complexity index is 430. The second kappa shape index (κ2) is 8.75. The summed E-state index contributed by atoms with van der Waals surface area (Å²) in [5.74, 6) is 0. The zero-order chi connectivity index (χ0) is 11.2. The summed E-state index contributed by atoms with van der Waals surface area (Å²) >= 11 is 0. The molecule has 0 saturated carbocycles. The molecule has 0 bridgehead atoms. The van der Waals surface area contributed by atoms with E-state index in [4.69, 9.17) is 9.25 Å². The van der Waals surface area contributed by atoms with Gasteiger partial charge in [0.15, 0.2) is 0 Å². The first kappa shape index (κ1) is 16.7. The van der Waals surface area contributed by atoms with Gasteiger partial charge in [0.05, 0.1) is 0 Å². The average molecular weight is 309 g/mol. The van der Waals surface area contributed by atoms with Crippen molar-refractivity contribution in [2.75, 3.05) is 0 Å². The van der Waals surface area contributed by atoms with Gasteiger partial charge in [-0.05, 0) is 0 Å². The molecule has 0 unspecified atom stereocenters. The zero-order valence-corrected chi connectivity index (χ0v) is 11.7. The van der Waals surface area contributed by atoms with Gasteiger partial charge < -0.3 is 24.8 Å². The molecule has 0 radical (unpaired) electrons. The van der Waals surface area contributed by atoms with Gasteiger partial charge in [-0.25, -0.2) is 4.57 Å². The molecule has 98 valence electrons. The third kappa shape index (κ3) is 5.36. The van der Waals surface area contributed by atoms with E-state index in [-0.39, 0.29) is 24.8 Å². The molecule has 18 heavy (non-hydrogen) atoms. The molecule has 0 aliphatic heterocycles. The lowest BCUT2D eigenvalue weighted by Crippen LogP contribution is -3.00. The maximum atomic E-state index is 11.5. The number of hydrogen-bond donors (Lipinski definition) is 0. The molecule has 2 heterocycles. The maximum absolute atomic E-state index is 11.5. The fraction of sp³-hybridized carbons (Fsp3) is 0. The summed E-state index contributed by atoms with van der Waals surface area (Å²) in [6.45, 7) is 0. The molecule has 2 aromatic heterocycles. The molecule has 0 aromatic carbocycles. The van der Waals surface area contributed by atoms with E-state index in [2.05, 4.69) is 0 Å². The van der Waals surface area contributed by atoms with Crippen LogP contribution >= 0.6 is 8.25 Å². The molecule has 0 aliphatic rings. The summed E-state index contributed by atoms with van der Waals surface area (Å²) in [5, 5.41) is 0. The van der Waals surface area contributed by atoms with Crippen LogP contribution in [0.3, 0.4) is 0 Å². The van der Waals surface area contributed by atoms with Gasteiger partial charge in [0.25, 0.3) is 0 Å². The van der Waals surface area contributed by atoms with Crippen molar-refractivity contribution in [1.29, 1.82) is 0 Å². The number of nitrogens with zero attached hydrogens (tertiary/aromatic N) is 2. The van der Waals surface area contributed by atoms with E-state index in [1.54, 1.807) is 49.1 Å². The van der Waals surface area contributed by atoms with Crippen LogP contribution in [0.25, 0.3) is 0 Å². The van der Waals surface area contributed by atoms with Crippen LogP contribution in [0.4, 0.5) is 0 Å².